The summed E-state index contributed by atoms with van der Waals surface area (Å²) in [5, 5.41) is 15.7. The number of ether oxygens (including phenoxy) is 1. The van der Waals surface area contributed by atoms with E-state index in [0.29, 0.717) is 5.69 Å². The van der Waals surface area contributed by atoms with Crippen molar-refractivity contribution in [2.24, 2.45) is 0 Å². The van der Waals surface area contributed by atoms with Crippen LogP contribution in [0.1, 0.15) is 38.8 Å². The van der Waals surface area contributed by atoms with Crippen molar-refractivity contribution < 1.29 is 14.6 Å². The molecule has 1 fully saturated rings. The van der Waals surface area contributed by atoms with E-state index >= 15 is 0 Å². The Morgan fingerprint density at radius 2 is 2.16 bits per heavy atom. The molecule has 1 aliphatic rings. The number of phenols is 1. The van der Waals surface area contributed by atoms with E-state index in [1.165, 1.54) is 0 Å². The Hall–Kier alpha value is -1.75. The summed E-state index contributed by atoms with van der Waals surface area (Å²) in [4.78, 5) is 11.7. The summed E-state index contributed by atoms with van der Waals surface area (Å²) in [6.45, 7) is 6.39. The number of aromatic hydroxyl groups is 1. The first-order chi connectivity index (χ1) is 8.85. The molecule has 0 bridgehead atoms. The highest BCUT2D eigenvalue weighted by Crippen LogP contribution is 2.32. The quantitative estimate of drug-likeness (QED) is 0.718. The second-order valence-corrected chi connectivity index (χ2v) is 5.70. The Bertz CT molecular complexity index is 476. The van der Waals surface area contributed by atoms with Crippen molar-refractivity contribution >= 4 is 11.8 Å². The van der Waals surface area contributed by atoms with Gasteiger partial charge in [-0.15, -0.1) is 0 Å². The topological polar surface area (TPSA) is 70.6 Å². The molecule has 1 unspecified atom stereocenters. The summed E-state index contributed by atoms with van der Waals surface area (Å²) >= 11 is 0. The minimum absolute atomic E-state index is 0.167. The van der Waals surface area contributed by atoms with Crippen LogP contribution in [0.25, 0.3) is 0 Å². The van der Waals surface area contributed by atoms with Gasteiger partial charge in [-0.2, -0.15) is 0 Å². The molecule has 104 valence electrons. The fourth-order valence-electron chi connectivity index (χ4n) is 1.89. The van der Waals surface area contributed by atoms with Gasteiger partial charge in [0, 0.05) is 17.3 Å². The summed E-state index contributed by atoms with van der Waals surface area (Å²) < 4.78 is 5.18. The van der Waals surface area contributed by atoms with Crippen LogP contribution in [0.2, 0.25) is 0 Å². The second-order valence-electron chi connectivity index (χ2n) is 5.70. The lowest BCUT2D eigenvalue weighted by Gasteiger charge is -2.29. The number of carbonyl (C=O) groups is 1. The number of hydrogen-bond donors (Lipinski definition) is 3. The average Bonchev–Trinajstić information content (AvgIpc) is 2.17. The van der Waals surface area contributed by atoms with Gasteiger partial charge in [-0.3, -0.25) is 5.32 Å². The van der Waals surface area contributed by atoms with Crippen molar-refractivity contribution in [1.29, 1.82) is 0 Å². The fraction of sp³-hybridized carbons (Fsp3) is 0.500. The first-order valence-electron chi connectivity index (χ1n) is 6.41. The van der Waals surface area contributed by atoms with Crippen LogP contribution in [0, 0.1) is 0 Å². The predicted octanol–water partition coefficient (Wildman–Crippen LogP) is 2.77. The fourth-order valence-corrected chi connectivity index (χ4v) is 1.89. The summed E-state index contributed by atoms with van der Waals surface area (Å²) in [7, 11) is 0. The number of hydrogen-bond acceptors (Lipinski definition) is 4. The van der Waals surface area contributed by atoms with Crippen molar-refractivity contribution in [2.75, 3.05) is 11.9 Å². The van der Waals surface area contributed by atoms with Crippen LogP contribution in [0.3, 0.4) is 0 Å². The molecule has 0 radical (unpaired) electrons. The van der Waals surface area contributed by atoms with Gasteiger partial charge in [0.2, 0.25) is 0 Å². The number of benzene rings is 1. The van der Waals surface area contributed by atoms with Crippen molar-refractivity contribution in [2.45, 2.75) is 38.8 Å². The Morgan fingerprint density at radius 3 is 2.68 bits per heavy atom. The Labute approximate surface area is 113 Å². The highest BCUT2D eigenvalue weighted by molar-refractivity contribution is 5.85. The maximum Gasteiger partial charge on any atom is 0.412 e. The molecule has 0 saturated carbocycles. The van der Waals surface area contributed by atoms with Gasteiger partial charge in [-0.1, -0.05) is 0 Å². The zero-order chi connectivity index (χ0) is 14.0. The molecule has 19 heavy (non-hydrogen) atoms. The van der Waals surface area contributed by atoms with Gasteiger partial charge >= 0.3 is 6.09 Å². The molecular formula is C14H20N2O3. The van der Waals surface area contributed by atoms with E-state index in [1.54, 1.807) is 18.2 Å². The lowest BCUT2D eigenvalue weighted by molar-refractivity contribution is 0.0636. The smallest absolute Gasteiger partial charge is 0.412 e. The van der Waals surface area contributed by atoms with Crippen LogP contribution in [0.4, 0.5) is 10.5 Å². The normalized spacial score (nSPS) is 18.6. The molecule has 1 atom stereocenters. The Kier molecular flexibility index (Phi) is 3.66. The van der Waals surface area contributed by atoms with E-state index in [-0.39, 0.29) is 11.8 Å². The summed E-state index contributed by atoms with van der Waals surface area (Å²) in [6, 6.07) is 5.18. The Balaban J connectivity index is 2.06. The lowest BCUT2D eigenvalue weighted by atomic mass is 9.96. The third kappa shape index (κ3) is 3.61. The molecule has 1 aromatic rings. The van der Waals surface area contributed by atoms with Gasteiger partial charge in [-0.05, 0) is 51.9 Å². The molecule has 1 aliphatic heterocycles. The minimum Gasteiger partial charge on any atom is -0.508 e. The molecule has 5 heteroatoms. The van der Waals surface area contributed by atoms with Crippen LogP contribution in [0.5, 0.6) is 5.75 Å². The third-order valence-electron chi connectivity index (χ3n) is 2.87. The largest absolute Gasteiger partial charge is 0.508 e. The highest BCUT2D eigenvalue weighted by atomic mass is 16.6. The molecule has 0 aromatic heterocycles. The monoisotopic (exact) mass is 264 g/mol. The minimum atomic E-state index is -0.528. The van der Waals surface area contributed by atoms with Gasteiger partial charge in [-0.25, -0.2) is 4.79 Å². The molecule has 3 N–H and O–H groups in total. The number of amides is 1. The van der Waals surface area contributed by atoms with E-state index < -0.39 is 11.7 Å². The van der Waals surface area contributed by atoms with Crippen LogP contribution < -0.4 is 10.6 Å². The lowest BCUT2D eigenvalue weighted by Crippen LogP contribution is -2.35. The maximum absolute atomic E-state index is 11.7. The van der Waals surface area contributed by atoms with Crippen LogP contribution in [0.15, 0.2) is 18.2 Å². The van der Waals surface area contributed by atoms with Gasteiger partial charge in [0.15, 0.2) is 0 Å². The molecule has 0 spiro atoms. The zero-order valence-electron chi connectivity index (χ0n) is 11.5. The second kappa shape index (κ2) is 5.09. The molecular weight excluding hydrogens is 244 g/mol. The third-order valence-corrected chi connectivity index (χ3v) is 2.87. The van der Waals surface area contributed by atoms with Crippen LogP contribution >= 0.6 is 0 Å². The average molecular weight is 264 g/mol. The first-order valence-corrected chi connectivity index (χ1v) is 6.41. The van der Waals surface area contributed by atoms with E-state index in [1.807, 2.05) is 20.8 Å². The first kappa shape index (κ1) is 13.7. The summed E-state index contributed by atoms with van der Waals surface area (Å²) in [5.41, 5.74) is 0.898. The molecule has 1 amide bonds. The van der Waals surface area contributed by atoms with Gasteiger partial charge in [0.1, 0.15) is 11.4 Å². The summed E-state index contributed by atoms with van der Waals surface area (Å²) in [6.07, 6.45) is 0.495. The van der Waals surface area contributed by atoms with Crippen molar-refractivity contribution in [3.8, 4) is 5.75 Å². The van der Waals surface area contributed by atoms with E-state index in [9.17, 15) is 9.90 Å². The van der Waals surface area contributed by atoms with Gasteiger partial charge < -0.3 is 15.2 Å². The van der Waals surface area contributed by atoms with Crippen molar-refractivity contribution in [3.63, 3.8) is 0 Å². The van der Waals surface area contributed by atoms with E-state index in [0.717, 1.165) is 18.5 Å². The van der Waals surface area contributed by atoms with Crippen LogP contribution in [-0.2, 0) is 4.74 Å². The maximum atomic E-state index is 11.7. The standard InChI is InChI=1S/C14H20N2O3/c1-14(2,3)19-13(18)16-9-4-5-12(17)10(8-9)11-6-7-15-11/h4-5,8,11,15,17H,6-7H2,1-3H3,(H,16,18). The molecule has 5 nitrogen and oxygen atoms in total. The van der Waals surface area contributed by atoms with Crippen molar-refractivity contribution in [3.05, 3.63) is 23.8 Å². The van der Waals surface area contributed by atoms with Crippen molar-refractivity contribution in [1.82, 2.24) is 5.32 Å². The number of phenolic OH excluding ortho intramolecular Hbond substituents is 1. The summed E-state index contributed by atoms with van der Waals surface area (Å²) in [5.74, 6) is 0.243. The molecule has 1 heterocycles. The number of nitrogens with one attached hydrogen (secondary N) is 2. The highest BCUT2D eigenvalue weighted by Gasteiger charge is 2.22. The zero-order valence-corrected chi connectivity index (χ0v) is 11.5. The Morgan fingerprint density at radius 1 is 1.47 bits per heavy atom. The predicted molar refractivity (Wildman–Crippen MR) is 73.3 cm³/mol. The SMILES string of the molecule is CC(C)(C)OC(=O)Nc1ccc(O)c(C2CCN2)c1. The molecule has 1 aromatic carbocycles. The molecule has 1 saturated heterocycles. The van der Waals surface area contributed by atoms with Crippen LogP contribution in [-0.4, -0.2) is 23.3 Å². The number of carbonyl (C=O) groups excluding carboxylic acids is 1. The van der Waals surface area contributed by atoms with E-state index in [4.69, 9.17) is 4.74 Å². The molecule has 0 aliphatic carbocycles. The number of anilines is 1. The van der Waals surface area contributed by atoms with E-state index in [2.05, 4.69) is 10.6 Å². The van der Waals surface area contributed by atoms with Gasteiger partial charge in [0.25, 0.3) is 0 Å². The van der Waals surface area contributed by atoms with Gasteiger partial charge in [0.05, 0.1) is 0 Å². The molecule has 2 rings (SSSR count). The number of rotatable bonds is 2.